The number of thiophene rings is 1. The molecule has 0 spiro atoms. The Morgan fingerprint density at radius 2 is 2.10 bits per heavy atom. The van der Waals surface area contributed by atoms with Gasteiger partial charge >= 0.3 is 0 Å². The minimum Gasteiger partial charge on any atom is -0.492 e. The number of rotatable bonds is 4. The van der Waals surface area contributed by atoms with Crippen LogP contribution in [0.15, 0.2) is 48.8 Å². The molecule has 2 aromatic heterocycles. The summed E-state index contributed by atoms with van der Waals surface area (Å²) in [5.74, 6) is 0.685. The van der Waals surface area contributed by atoms with E-state index in [1.807, 2.05) is 31.2 Å². The van der Waals surface area contributed by atoms with Gasteiger partial charge < -0.3 is 9.84 Å². The molecule has 0 aliphatic heterocycles. The smallest absolute Gasteiger partial charge is 0.137 e. The van der Waals surface area contributed by atoms with Crippen molar-refractivity contribution in [2.24, 2.45) is 0 Å². The van der Waals surface area contributed by atoms with Crippen molar-refractivity contribution < 1.29 is 9.84 Å². The lowest BCUT2D eigenvalue weighted by Gasteiger charge is -2.10. The first kappa shape index (κ1) is 13.1. The van der Waals surface area contributed by atoms with Crippen molar-refractivity contribution in [2.75, 3.05) is 6.61 Å². The number of aliphatic hydroxyl groups is 1. The molecule has 0 aliphatic carbocycles. The Balaban J connectivity index is 1.94. The zero-order valence-electron chi connectivity index (χ0n) is 11.1. The fourth-order valence-corrected chi connectivity index (χ4v) is 3.21. The van der Waals surface area contributed by atoms with Crippen molar-refractivity contribution >= 4 is 21.4 Å². The second-order valence-corrected chi connectivity index (χ2v) is 5.59. The first-order valence-electron chi connectivity index (χ1n) is 6.52. The minimum absolute atomic E-state index is 0.587. The highest BCUT2D eigenvalue weighted by Gasteiger charge is 2.14. The quantitative estimate of drug-likeness (QED) is 0.793. The summed E-state index contributed by atoms with van der Waals surface area (Å²) in [7, 11) is 0. The lowest BCUT2D eigenvalue weighted by atomic mass is 10.1. The number of hydrogen-bond acceptors (Lipinski definition) is 4. The summed E-state index contributed by atoms with van der Waals surface area (Å²) in [6.45, 7) is 2.51. The van der Waals surface area contributed by atoms with Crippen molar-refractivity contribution in [3.63, 3.8) is 0 Å². The Hall–Kier alpha value is -1.91. The molecule has 1 atom stereocenters. The van der Waals surface area contributed by atoms with E-state index in [4.69, 9.17) is 4.74 Å². The van der Waals surface area contributed by atoms with Gasteiger partial charge in [-0.2, -0.15) is 0 Å². The Labute approximate surface area is 121 Å². The molecule has 0 saturated heterocycles. The number of aromatic nitrogens is 1. The van der Waals surface area contributed by atoms with Gasteiger partial charge in [-0.25, -0.2) is 0 Å². The maximum absolute atomic E-state index is 10.5. The van der Waals surface area contributed by atoms with Crippen LogP contribution in [0.4, 0.5) is 0 Å². The number of fused-ring (bicyclic) bond motifs is 1. The SMILES string of the molecule is CCOc1cncc(C(O)c2cc3ccccc3s2)c1. The predicted octanol–water partition coefficient (Wildman–Crippen LogP) is 3.78. The summed E-state index contributed by atoms with van der Waals surface area (Å²) in [5.41, 5.74) is 0.752. The van der Waals surface area contributed by atoms with Crippen molar-refractivity contribution in [3.05, 3.63) is 59.2 Å². The number of aliphatic hydroxyl groups excluding tert-OH is 1. The van der Waals surface area contributed by atoms with Gasteiger partial charge in [-0.1, -0.05) is 18.2 Å². The van der Waals surface area contributed by atoms with Crippen LogP contribution >= 0.6 is 11.3 Å². The summed E-state index contributed by atoms with van der Waals surface area (Å²) < 4.78 is 6.60. The van der Waals surface area contributed by atoms with Crippen LogP contribution in [0, 0.1) is 0 Å². The van der Waals surface area contributed by atoms with Crippen molar-refractivity contribution in [3.8, 4) is 5.75 Å². The number of hydrogen-bond donors (Lipinski definition) is 1. The molecular weight excluding hydrogens is 270 g/mol. The van der Waals surface area contributed by atoms with Gasteiger partial charge in [0.05, 0.1) is 12.8 Å². The normalized spacial score (nSPS) is 12.5. The first-order chi connectivity index (χ1) is 9.78. The number of pyridine rings is 1. The monoisotopic (exact) mass is 285 g/mol. The van der Waals surface area contributed by atoms with Gasteiger partial charge in [-0.15, -0.1) is 11.3 Å². The summed E-state index contributed by atoms with van der Waals surface area (Å²) in [6, 6.07) is 12.0. The summed E-state index contributed by atoms with van der Waals surface area (Å²) >= 11 is 1.60. The lowest BCUT2D eigenvalue weighted by molar-refractivity contribution is 0.223. The highest BCUT2D eigenvalue weighted by Crippen LogP contribution is 2.33. The van der Waals surface area contributed by atoms with Crippen LogP contribution in [0.3, 0.4) is 0 Å². The van der Waals surface area contributed by atoms with E-state index < -0.39 is 6.10 Å². The maximum atomic E-state index is 10.5. The number of ether oxygens (including phenoxy) is 1. The summed E-state index contributed by atoms with van der Waals surface area (Å²) in [4.78, 5) is 5.04. The van der Waals surface area contributed by atoms with Gasteiger partial charge in [0.15, 0.2) is 0 Å². The van der Waals surface area contributed by atoms with E-state index in [2.05, 4.69) is 17.1 Å². The van der Waals surface area contributed by atoms with E-state index in [1.165, 1.54) is 4.70 Å². The molecule has 2 heterocycles. The van der Waals surface area contributed by atoms with Crippen molar-refractivity contribution in [2.45, 2.75) is 13.0 Å². The van der Waals surface area contributed by atoms with Crippen LogP contribution in [0.2, 0.25) is 0 Å². The van der Waals surface area contributed by atoms with Gasteiger partial charge in [0.2, 0.25) is 0 Å². The third-order valence-corrected chi connectivity index (χ3v) is 4.24. The van der Waals surface area contributed by atoms with E-state index >= 15 is 0 Å². The lowest BCUT2D eigenvalue weighted by Crippen LogP contribution is -1.99. The molecule has 3 aromatic rings. The van der Waals surface area contributed by atoms with E-state index in [0.717, 1.165) is 15.8 Å². The minimum atomic E-state index is -0.666. The number of benzene rings is 1. The molecule has 0 radical (unpaired) electrons. The molecule has 3 rings (SSSR count). The van der Waals surface area contributed by atoms with E-state index in [-0.39, 0.29) is 0 Å². The topological polar surface area (TPSA) is 42.4 Å². The molecule has 1 N–H and O–H groups in total. The van der Waals surface area contributed by atoms with Crippen molar-refractivity contribution in [1.29, 1.82) is 0 Å². The standard InChI is InChI=1S/C16H15NO2S/c1-2-19-13-7-12(9-17-10-13)16(18)15-8-11-5-3-4-6-14(11)20-15/h3-10,16,18H,2H2,1H3. The second kappa shape index (κ2) is 5.61. The molecule has 3 nitrogen and oxygen atoms in total. The Bertz CT molecular complexity index is 690. The van der Waals surface area contributed by atoms with Crippen LogP contribution in [0.5, 0.6) is 5.75 Å². The fourth-order valence-electron chi connectivity index (χ4n) is 2.13. The van der Waals surface area contributed by atoms with Gasteiger partial charge in [0, 0.05) is 21.3 Å². The van der Waals surface area contributed by atoms with Crippen molar-refractivity contribution in [1.82, 2.24) is 4.98 Å². The molecule has 0 bridgehead atoms. The molecule has 1 aromatic carbocycles. The molecule has 4 heteroatoms. The molecule has 0 saturated carbocycles. The Morgan fingerprint density at radius 1 is 1.25 bits per heavy atom. The van der Waals surface area contributed by atoms with E-state index in [9.17, 15) is 5.11 Å². The summed E-state index contributed by atoms with van der Waals surface area (Å²) in [5, 5.41) is 11.7. The van der Waals surface area contributed by atoms with Gasteiger partial charge in [-0.05, 0) is 30.5 Å². The predicted molar refractivity (Wildman–Crippen MR) is 81.3 cm³/mol. The molecule has 0 aliphatic rings. The third-order valence-electron chi connectivity index (χ3n) is 3.08. The van der Waals surface area contributed by atoms with Crippen LogP contribution in [0.25, 0.3) is 10.1 Å². The molecule has 102 valence electrons. The Morgan fingerprint density at radius 3 is 2.90 bits per heavy atom. The van der Waals surface area contributed by atoms with Crippen LogP contribution in [0.1, 0.15) is 23.5 Å². The van der Waals surface area contributed by atoms with E-state index in [1.54, 1.807) is 23.7 Å². The third kappa shape index (κ3) is 2.53. The summed E-state index contributed by atoms with van der Waals surface area (Å²) in [6.07, 6.45) is 2.67. The molecule has 20 heavy (non-hydrogen) atoms. The largest absolute Gasteiger partial charge is 0.492 e. The zero-order chi connectivity index (χ0) is 13.9. The van der Waals surface area contributed by atoms with Crippen LogP contribution in [-0.4, -0.2) is 16.7 Å². The molecule has 1 unspecified atom stereocenters. The highest BCUT2D eigenvalue weighted by molar-refractivity contribution is 7.19. The van der Waals surface area contributed by atoms with E-state index in [0.29, 0.717) is 12.4 Å². The van der Waals surface area contributed by atoms with Gasteiger partial charge in [0.25, 0.3) is 0 Å². The Kier molecular flexibility index (Phi) is 3.67. The van der Waals surface area contributed by atoms with Crippen LogP contribution in [-0.2, 0) is 0 Å². The maximum Gasteiger partial charge on any atom is 0.137 e. The van der Waals surface area contributed by atoms with Gasteiger partial charge in [-0.3, -0.25) is 4.98 Å². The first-order valence-corrected chi connectivity index (χ1v) is 7.34. The van der Waals surface area contributed by atoms with Crippen LogP contribution < -0.4 is 4.74 Å². The molecular formula is C16H15NO2S. The zero-order valence-corrected chi connectivity index (χ0v) is 11.9. The molecule has 0 fully saturated rings. The average Bonchev–Trinajstić information content (AvgIpc) is 2.91. The molecule has 0 amide bonds. The average molecular weight is 285 g/mol. The second-order valence-electron chi connectivity index (χ2n) is 4.48. The van der Waals surface area contributed by atoms with Gasteiger partial charge in [0.1, 0.15) is 11.9 Å². The number of nitrogens with zero attached hydrogens (tertiary/aromatic N) is 1. The highest BCUT2D eigenvalue weighted by atomic mass is 32.1. The fraction of sp³-hybridized carbons (Fsp3) is 0.188.